The molecule has 0 aromatic heterocycles. The first-order valence-electron chi connectivity index (χ1n) is 7.51. The maximum Gasteiger partial charge on any atom is 0.291 e. The highest BCUT2D eigenvalue weighted by Crippen LogP contribution is 2.45. The van der Waals surface area contributed by atoms with Crippen molar-refractivity contribution < 1.29 is 10.0 Å². The largest absolute Gasteiger partial charge is 0.505 e. The lowest BCUT2D eigenvalue weighted by Gasteiger charge is -2.45. The van der Waals surface area contributed by atoms with Gasteiger partial charge in [-0.3, -0.25) is 15.0 Å². The number of aliphatic imine (C=N–C) groups is 2. The molecular weight excluding hydrogens is 336 g/mol. The Hall–Kier alpha value is -2.55. The van der Waals surface area contributed by atoms with E-state index >= 15 is 0 Å². The van der Waals surface area contributed by atoms with Crippen LogP contribution in [0.3, 0.4) is 0 Å². The van der Waals surface area contributed by atoms with Crippen LogP contribution < -0.4 is 16.4 Å². The zero-order chi connectivity index (χ0) is 17.5. The Morgan fingerprint density at radius 2 is 1.96 bits per heavy atom. The third kappa shape index (κ3) is 2.60. The highest BCUT2D eigenvalue weighted by molar-refractivity contribution is 6.33. The third-order valence-corrected chi connectivity index (χ3v) is 4.64. The molecule has 0 radical (unpaired) electrons. The minimum Gasteiger partial charge on any atom is -0.505 e. The molecule has 0 amide bonds. The summed E-state index contributed by atoms with van der Waals surface area (Å²) < 4.78 is 0. The molecule has 1 heterocycles. The fourth-order valence-electron chi connectivity index (χ4n) is 3.33. The number of nitrogens with zero attached hydrogens (tertiary/aromatic N) is 4. The first kappa shape index (κ1) is 16.3. The monoisotopic (exact) mass is 352 g/mol. The van der Waals surface area contributed by atoms with E-state index in [1.165, 1.54) is 6.07 Å². The van der Waals surface area contributed by atoms with E-state index in [0.717, 1.165) is 25.3 Å². The second-order valence-electron chi connectivity index (χ2n) is 5.87. The van der Waals surface area contributed by atoms with Gasteiger partial charge in [-0.1, -0.05) is 18.0 Å². The molecule has 0 saturated heterocycles. The number of phenolic OH excluding ortho intramolecular Hbond substituents is 1. The SMILES string of the molecule is NC1=NC2(CCCCC2)N(c2cc(Cl)c([N+](=O)[O-])cc2O)C(N)=N1. The number of benzene rings is 1. The zero-order valence-electron chi connectivity index (χ0n) is 12.8. The van der Waals surface area contributed by atoms with Crippen molar-refractivity contribution in [1.29, 1.82) is 0 Å². The topological polar surface area (TPSA) is 143 Å². The molecule has 2 aliphatic rings. The molecular formula is C14H17ClN6O3. The Morgan fingerprint density at radius 1 is 1.29 bits per heavy atom. The van der Waals surface area contributed by atoms with Crippen molar-refractivity contribution in [2.75, 3.05) is 4.90 Å². The molecule has 1 aromatic carbocycles. The average molecular weight is 353 g/mol. The summed E-state index contributed by atoms with van der Waals surface area (Å²) in [5.41, 5.74) is 10.9. The van der Waals surface area contributed by atoms with Gasteiger partial charge in [0.25, 0.3) is 5.69 Å². The molecule has 128 valence electrons. The molecule has 24 heavy (non-hydrogen) atoms. The van der Waals surface area contributed by atoms with Gasteiger partial charge in [0.2, 0.25) is 11.9 Å². The Kier molecular flexibility index (Phi) is 3.96. The van der Waals surface area contributed by atoms with Crippen LogP contribution >= 0.6 is 11.6 Å². The Labute approximate surface area is 142 Å². The van der Waals surface area contributed by atoms with Gasteiger partial charge in [-0.05, 0) is 31.7 Å². The lowest BCUT2D eigenvalue weighted by atomic mass is 9.87. The van der Waals surface area contributed by atoms with E-state index in [0.29, 0.717) is 12.8 Å². The minimum atomic E-state index is -0.759. The smallest absolute Gasteiger partial charge is 0.291 e. The molecule has 3 rings (SSSR count). The van der Waals surface area contributed by atoms with Crippen molar-refractivity contribution >= 4 is 34.9 Å². The van der Waals surface area contributed by atoms with E-state index < -0.39 is 10.6 Å². The van der Waals surface area contributed by atoms with Gasteiger partial charge < -0.3 is 16.6 Å². The van der Waals surface area contributed by atoms with Crippen LogP contribution in [0.15, 0.2) is 22.1 Å². The van der Waals surface area contributed by atoms with Crippen molar-refractivity contribution in [1.82, 2.24) is 0 Å². The van der Waals surface area contributed by atoms with Gasteiger partial charge in [-0.25, -0.2) is 4.99 Å². The number of halogens is 1. The lowest BCUT2D eigenvalue weighted by molar-refractivity contribution is -0.384. The van der Waals surface area contributed by atoms with Crippen molar-refractivity contribution in [2.45, 2.75) is 37.8 Å². The number of hydrogen-bond donors (Lipinski definition) is 3. The predicted molar refractivity (Wildman–Crippen MR) is 91.3 cm³/mol. The molecule has 10 heteroatoms. The molecule has 0 unspecified atom stereocenters. The summed E-state index contributed by atoms with van der Waals surface area (Å²) in [5, 5.41) is 21.2. The van der Waals surface area contributed by atoms with Gasteiger partial charge in [0.05, 0.1) is 16.7 Å². The van der Waals surface area contributed by atoms with Crippen molar-refractivity contribution in [3.8, 4) is 5.75 Å². The fourth-order valence-corrected chi connectivity index (χ4v) is 3.56. The summed E-state index contributed by atoms with van der Waals surface area (Å²) in [6.07, 6.45) is 4.26. The normalized spacial score (nSPS) is 19.8. The Bertz CT molecular complexity index is 757. The van der Waals surface area contributed by atoms with Crippen molar-refractivity contribution in [3.05, 3.63) is 27.3 Å². The highest BCUT2D eigenvalue weighted by Gasteiger charge is 2.43. The molecule has 9 nitrogen and oxygen atoms in total. The molecule has 1 fully saturated rings. The summed E-state index contributed by atoms with van der Waals surface area (Å²) >= 11 is 6.00. The summed E-state index contributed by atoms with van der Waals surface area (Å²) in [6, 6.07) is 2.31. The van der Waals surface area contributed by atoms with Crippen LogP contribution in [0.1, 0.15) is 32.1 Å². The first-order valence-corrected chi connectivity index (χ1v) is 7.88. The summed E-state index contributed by atoms with van der Waals surface area (Å²) in [6.45, 7) is 0. The molecule has 0 atom stereocenters. The second kappa shape index (κ2) is 5.82. The van der Waals surface area contributed by atoms with Crippen molar-refractivity contribution in [3.63, 3.8) is 0 Å². The van der Waals surface area contributed by atoms with Crippen LogP contribution in [0.5, 0.6) is 5.75 Å². The Morgan fingerprint density at radius 3 is 2.58 bits per heavy atom. The van der Waals surface area contributed by atoms with E-state index in [9.17, 15) is 15.2 Å². The van der Waals surface area contributed by atoms with Crippen LogP contribution in [0, 0.1) is 10.1 Å². The van der Waals surface area contributed by atoms with E-state index in [2.05, 4.69) is 9.98 Å². The molecule has 1 aromatic rings. The van der Waals surface area contributed by atoms with E-state index in [1.54, 1.807) is 4.90 Å². The van der Waals surface area contributed by atoms with E-state index in [1.807, 2.05) is 0 Å². The number of aromatic hydroxyl groups is 1. The zero-order valence-corrected chi connectivity index (χ0v) is 13.5. The number of nitrogens with two attached hydrogens (primary N) is 2. The van der Waals surface area contributed by atoms with Gasteiger partial charge in [0.1, 0.15) is 16.4 Å². The molecule has 1 spiro atoms. The van der Waals surface area contributed by atoms with Crippen molar-refractivity contribution in [2.24, 2.45) is 21.5 Å². The Balaban J connectivity index is 2.14. The number of anilines is 1. The highest BCUT2D eigenvalue weighted by atomic mass is 35.5. The first-order chi connectivity index (χ1) is 11.3. The quantitative estimate of drug-likeness (QED) is 0.549. The lowest BCUT2D eigenvalue weighted by Crippen LogP contribution is -2.58. The van der Waals surface area contributed by atoms with Gasteiger partial charge in [-0.2, -0.15) is 4.99 Å². The summed E-state index contributed by atoms with van der Waals surface area (Å²) in [7, 11) is 0. The second-order valence-corrected chi connectivity index (χ2v) is 6.28. The maximum absolute atomic E-state index is 11.0. The molecule has 1 aliphatic carbocycles. The van der Waals surface area contributed by atoms with Gasteiger partial charge >= 0.3 is 0 Å². The van der Waals surface area contributed by atoms with Crippen LogP contribution in [-0.4, -0.2) is 27.6 Å². The number of nitro benzene ring substituents is 1. The number of rotatable bonds is 2. The molecule has 0 bridgehead atoms. The summed E-state index contributed by atoms with van der Waals surface area (Å²) in [4.78, 5) is 20.3. The maximum atomic E-state index is 11.0. The van der Waals surface area contributed by atoms with Crippen LogP contribution in [0.4, 0.5) is 11.4 Å². The fraction of sp³-hybridized carbons (Fsp3) is 0.429. The van der Waals surface area contributed by atoms with Gasteiger partial charge in [-0.15, -0.1) is 0 Å². The number of nitro groups is 1. The third-order valence-electron chi connectivity index (χ3n) is 4.33. The number of guanidine groups is 2. The predicted octanol–water partition coefficient (Wildman–Crippen LogP) is 2.06. The average Bonchev–Trinajstić information content (AvgIpc) is 2.50. The molecule has 1 aliphatic heterocycles. The number of phenols is 1. The van der Waals surface area contributed by atoms with Crippen LogP contribution in [0.25, 0.3) is 0 Å². The van der Waals surface area contributed by atoms with E-state index in [4.69, 9.17) is 23.1 Å². The van der Waals surface area contributed by atoms with Gasteiger partial charge in [0, 0.05) is 0 Å². The van der Waals surface area contributed by atoms with Crippen LogP contribution in [0.2, 0.25) is 5.02 Å². The van der Waals surface area contributed by atoms with E-state index in [-0.39, 0.29) is 34.1 Å². The molecule has 1 saturated carbocycles. The standard InChI is InChI=1S/C14H17ClN6O3/c15-8-6-10(11(22)7-9(8)21(23)24)20-13(17)18-12(16)19-14(20)4-2-1-3-5-14/h6-7,22H,1-5H2,(H4,16,17,18,19). The van der Waals surface area contributed by atoms with Crippen LogP contribution in [-0.2, 0) is 0 Å². The number of hydrogen-bond acceptors (Lipinski definition) is 8. The van der Waals surface area contributed by atoms with Gasteiger partial charge in [0.15, 0.2) is 0 Å². The molecule has 5 N–H and O–H groups in total. The minimum absolute atomic E-state index is 0.0737. The summed E-state index contributed by atoms with van der Waals surface area (Å²) in [5.74, 6) is -0.160.